The summed E-state index contributed by atoms with van der Waals surface area (Å²) in [7, 11) is 0. The number of rotatable bonds is 8. The Bertz CT molecular complexity index is 396. The highest BCUT2D eigenvalue weighted by Gasteiger charge is 2.10. The highest BCUT2D eigenvalue weighted by Crippen LogP contribution is 2.09. The Balaban J connectivity index is 2.47. The van der Waals surface area contributed by atoms with Crippen molar-refractivity contribution in [2.24, 2.45) is 0 Å². The molecule has 0 heterocycles. The number of aliphatic hydroxyl groups is 2. The molecule has 1 aromatic carbocycles. The van der Waals surface area contributed by atoms with Crippen molar-refractivity contribution in [3.63, 3.8) is 0 Å². The average molecular weight is 266 g/mol. The van der Waals surface area contributed by atoms with E-state index in [1.54, 1.807) is 0 Å². The molecule has 5 nitrogen and oxygen atoms in total. The van der Waals surface area contributed by atoms with E-state index >= 15 is 0 Å². The zero-order valence-corrected chi connectivity index (χ0v) is 11.3. The Hall–Kier alpha value is -1.43. The number of anilines is 1. The number of benzene rings is 1. The lowest BCUT2D eigenvalue weighted by Crippen LogP contribution is -2.36. The molecular formula is C14H22N2O3. The minimum atomic E-state index is -0.114. The molecule has 1 amide bonds. The zero-order chi connectivity index (χ0) is 14.1. The van der Waals surface area contributed by atoms with Gasteiger partial charge in [-0.3, -0.25) is 9.69 Å². The first kappa shape index (κ1) is 15.6. The van der Waals surface area contributed by atoms with Crippen LogP contribution < -0.4 is 5.32 Å². The average Bonchev–Trinajstić information content (AvgIpc) is 2.36. The van der Waals surface area contributed by atoms with E-state index in [0.29, 0.717) is 19.5 Å². The Morgan fingerprint density at radius 1 is 1.26 bits per heavy atom. The van der Waals surface area contributed by atoms with Gasteiger partial charge in [0.25, 0.3) is 0 Å². The monoisotopic (exact) mass is 266 g/mol. The van der Waals surface area contributed by atoms with E-state index in [2.05, 4.69) is 5.32 Å². The number of aryl methyl sites for hydroxylation is 1. The van der Waals surface area contributed by atoms with Crippen LogP contribution in [-0.2, 0) is 4.79 Å². The standard InChI is InChI=1S/C14H22N2O3/c1-12-4-2-5-13(10-12)15-14(19)11-16(7-9-18)6-3-8-17/h2,4-5,10,17-18H,3,6-9,11H2,1H3,(H,15,19). The molecule has 0 aliphatic heterocycles. The molecule has 0 atom stereocenters. The summed E-state index contributed by atoms with van der Waals surface area (Å²) in [5.74, 6) is -0.114. The van der Waals surface area contributed by atoms with Crippen LogP contribution in [0.1, 0.15) is 12.0 Å². The van der Waals surface area contributed by atoms with Gasteiger partial charge in [0.2, 0.25) is 5.91 Å². The van der Waals surface area contributed by atoms with Crippen molar-refractivity contribution < 1.29 is 15.0 Å². The van der Waals surface area contributed by atoms with Gasteiger partial charge in [0, 0.05) is 25.4 Å². The lowest BCUT2D eigenvalue weighted by Gasteiger charge is -2.20. The zero-order valence-electron chi connectivity index (χ0n) is 11.3. The first-order valence-electron chi connectivity index (χ1n) is 6.46. The third kappa shape index (κ3) is 6.33. The molecule has 106 valence electrons. The van der Waals surface area contributed by atoms with Crippen molar-refractivity contribution in [3.8, 4) is 0 Å². The van der Waals surface area contributed by atoms with Crippen LogP contribution in [0, 0.1) is 6.92 Å². The number of nitrogens with zero attached hydrogens (tertiary/aromatic N) is 1. The van der Waals surface area contributed by atoms with Crippen molar-refractivity contribution in [1.82, 2.24) is 4.90 Å². The molecule has 1 rings (SSSR count). The van der Waals surface area contributed by atoms with Gasteiger partial charge in [0.05, 0.1) is 13.2 Å². The molecular weight excluding hydrogens is 244 g/mol. The van der Waals surface area contributed by atoms with Gasteiger partial charge in [-0.05, 0) is 31.0 Å². The minimum absolute atomic E-state index is 0.00313. The minimum Gasteiger partial charge on any atom is -0.396 e. The van der Waals surface area contributed by atoms with E-state index in [-0.39, 0.29) is 25.7 Å². The Kier molecular flexibility index (Phi) is 7.10. The lowest BCUT2D eigenvalue weighted by molar-refractivity contribution is -0.117. The van der Waals surface area contributed by atoms with E-state index in [1.165, 1.54) is 0 Å². The number of hydrogen-bond donors (Lipinski definition) is 3. The maximum Gasteiger partial charge on any atom is 0.238 e. The van der Waals surface area contributed by atoms with Crippen LogP contribution in [0.5, 0.6) is 0 Å². The SMILES string of the molecule is Cc1cccc(NC(=O)CN(CCO)CCCO)c1. The molecule has 0 aromatic heterocycles. The van der Waals surface area contributed by atoms with Crippen molar-refractivity contribution in [1.29, 1.82) is 0 Å². The summed E-state index contributed by atoms with van der Waals surface area (Å²) in [6, 6.07) is 7.61. The number of nitrogens with one attached hydrogen (secondary N) is 1. The number of amides is 1. The summed E-state index contributed by atoms with van der Waals surface area (Å²) in [4.78, 5) is 13.7. The number of hydrogen-bond acceptors (Lipinski definition) is 4. The summed E-state index contributed by atoms with van der Waals surface area (Å²) in [6.07, 6.45) is 0.595. The highest BCUT2D eigenvalue weighted by atomic mass is 16.3. The van der Waals surface area contributed by atoms with Gasteiger partial charge in [-0.25, -0.2) is 0 Å². The van der Waals surface area contributed by atoms with Gasteiger partial charge < -0.3 is 15.5 Å². The molecule has 19 heavy (non-hydrogen) atoms. The van der Waals surface area contributed by atoms with Crippen LogP contribution in [0.3, 0.4) is 0 Å². The first-order valence-corrected chi connectivity index (χ1v) is 6.46. The fourth-order valence-electron chi connectivity index (χ4n) is 1.83. The molecule has 1 aromatic rings. The van der Waals surface area contributed by atoms with Crippen LogP contribution in [0.4, 0.5) is 5.69 Å². The number of carbonyl (C=O) groups is 1. The normalized spacial score (nSPS) is 10.7. The fourth-order valence-corrected chi connectivity index (χ4v) is 1.83. The van der Waals surface area contributed by atoms with Crippen molar-refractivity contribution in [3.05, 3.63) is 29.8 Å². The van der Waals surface area contributed by atoms with Gasteiger partial charge in [-0.2, -0.15) is 0 Å². The molecule has 5 heteroatoms. The molecule has 0 saturated carbocycles. The Morgan fingerprint density at radius 3 is 2.68 bits per heavy atom. The van der Waals surface area contributed by atoms with E-state index in [4.69, 9.17) is 10.2 Å². The van der Waals surface area contributed by atoms with E-state index < -0.39 is 0 Å². The smallest absolute Gasteiger partial charge is 0.238 e. The van der Waals surface area contributed by atoms with Gasteiger partial charge in [0.15, 0.2) is 0 Å². The van der Waals surface area contributed by atoms with Gasteiger partial charge in [0.1, 0.15) is 0 Å². The molecule has 0 fully saturated rings. The second-order valence-electron chi connectivity index (χ2n) is 4.49. The molecule has 0 radical (unpaired) electrons. The summed E-state index contributed by atoms with van der Waals surface area (Å²) < 4.78 is 0. The molecule has 0 spiro atoms. The molecule has 0 aliphatic rings. The molecule has 0 bridgehead atoms. The predicted octanol–water partition coefficient (Wildman–Crippen LogP) is 0.610. The fraction of sp³-hybridized carbons (Fsp3) is 0.500. The van der Waals surface area contributed by atoms with Gasteiger partial charge in [-0.15, -0.1) is 0 Å². The van der Waals surface area contributed by atoms with E-state index in [0.717, 1.165) is 11.3 Å². The van der Waals surface area contributed by atoms with Crippen molar-refractivity contribution >= 4 is 11.6 Å². The number of aliphatic hydroxyl groups excluding tert-OH is 2. The summed E-state index contributed by atoms with van der Waals surface area (Å²) in [6.45, 7) is 3.30. The maximum absolute atomic E-state index is 11.9. The Labute approximate surface area is 113 Å². The summed E-state index contributed by atoms with van der Waals surface area (Å²) in [5.41, 5.74) is 1.86. The second kappa shape index (κ2) is 8.63. The molecule has 0 saturated heterocycles. The van der Waals surface area contributed by atoms with Crippen LogP contribution >= 0.6 is 0 Å². The molecule has 3 N–H and O–H groups in total. The summed E-state index contributed by atoms with van der Waals surface area (Å²) in [5, 5.41) is 20.6. The first-order chi connectivity index (χ1) is 9.15. The van der Waals surface area contributed by atoms with Gasteiger partial charge >= 0.3 is 0 Å². The molecule has 0 aliphatic carbocycles. The summed E-state index contributed by atoms with van der Waals surface area (Å²) >= 11 is 0. The van der Waals surface area contributed by atoms with E-state index in [9.17, 15) is 4.79 Å². The predicted molar refractivity (Wildman–Crippen MR) is 75.0 cm³/mol. The topological polar surface area (TPSA) is 72.8 Å². The molecule has 0 unspecified atom stereocenters. The van der Waals surface area contributed by atoms with E-state index in [1.807, 2.05) is 36.1 Å². The quantitative estimate of drug-likeness (QED) is 0.644. The van der Waals surface area contributed by atoms with Crippen LogP contribution in [-0.4, -0.2) is 53.9 Å². The lowest BCUT2D eigenvalue weighted by atomic mass is 10.2. The third-order valence-electron chi connectivity index (χ3n) is 2.72. The number of carbonyl (C=O) groups excluding carboxylic acids is 1. The van der Waals surface area contributed by atoms with Crippen molar-refractivity contribution in [2.45, 2.75) is 13.3 Å². The van der Waals surface area contributed by atoms with Crippen LogP contribution in [0.2, 0.25) is 0 Å². The third-order valence-corrected chi connectivity index (χ3v) is 2.72. The van der Waals surface area contributed by atoms with Crippen molar-refractivity contribution in [2.75, 3.05) is 38.2 Å². The largest absolute Gasteiger partial charge is 0.396 e. The van der Waals surface area contributed by atoms with Crippen LogP contribution in [0.15, 0.2) is 24.3 Å². The maximum atomic E-state index is 11.9. The second-order valence-corrected chi connectivity index (χ2v) is 4.49. The van der Waals surface area contributed by atoms with Gasteiger partial charge in [-0.1, -0.05) is 12.1 Å². The highest BCUT2D eigenvalue weighted by molar-refractivity contribution is 5.92. The Morgan fingerprint density at radius 2 is 2.05 bits per heavy atom. The van der Waals surface area contributed by atoms with Crippen LogP contribution in [0.25, 0.3) is 0 Å².